The fourth-order valence-electron chi connectivity index (χ4n) is 1.45. The van der Waals surface area contributed by atoms with Crippen LogP contribution in [0.4, 0.5) is 14.6 Å². The number of halogens is 2. The van der Waals surface area contributed by atoms with Gasteiger partial charge in [0.1, 0.15) is 11.6 Å². The van der Waals surface area contributed by atoms with Gasteiger partial charge in [-0.1, -0.05) is 6.92 Å². The molecule has 0 saturated carbocycles. The average Bonchev–Trinajstić information content (AvgIpc) is 2.27. The Hall–Kier alpha value is -1.50. The number of nitrogens with two attached hydrogens (primary N) is 1. The average molecular weight is 246 g/mol. The molecule has 0 fully saturated rings. The number of hydrogen-bond donors (Lipinski definition) is 2. The summed E-state index contributed by atoms with van der Waals surface area (Å²) in [6, 6.07) is 1.21. The van der Waals surface area contributed by atoms with Crippen LogP contribution in [-0.4, -0.2) is 36.0 Å². The van der Waals surface area contributed by atoms with E-state index in [0.717, 1.165) is 0 Å². The molecule has 96 valence electrons. The van der Waals surface area contributed by atoms with Gasteiger partial charge in [-0.15, -0.1) is 0 Å². The predicted molar refractivity (Wildman–Crippen MR) is 61.5 cm³/mol. The molecule has 0 bridgehead atoms. The second-order valence-electron chi connectivity index (χ2n) is 3.53. The fourth-order valence-corrected chi connectivity index (χ4v) is 1.45. The highest BCUT2D eigenvalue weighted by atomic mass is 19.3. The van der Waals surface area contributed by atoms with Crippen LogP contribution in [0, 0.1) is 0 Å². The third kappa shape index (κ3) is 4.10. The number of aromatic nitrogens is 2. The third-order valence-corrected chi connectivity index (χ3v) is 2.19. The predicted octanol–water partition coefficient (Wildman–Crippen LogP) is 0.362. The summed E-state index contributed by atoms with van der Waals surface area (Å²) in [6.45, 7) is 1.81. The Bertz CT molecular complexity index is 408. The van der Waals surface area contributed by atoms with E-state index in [1.165, 1.54) is 11.0 Å². The molecule has 1 rings (SSSR count). The number of alkyl halides is 2. The normalized spacial score (nSPS) is 10.9. The fraction of sp³-hybridized carbons (Fsp3) is 0.600. The first-order valence-electron chi connectivity index (χ1n) is 5.40. The van der Waals surface area contributed by atoms with Gasteiger partial charge < -0.3 is 15.6 Å². The lowest BCUT2D eigenvalue weighted by Crippen LogP contribution is -2.35. The Labute approximate surface area is 97.7 Å². The smallest absolute Gasteiger partial charge is 0.255 e. The molecule has 1 aromatic heterocycles. The lowest BCUT2D eigenvalue weighted by atomic mass is 10.4. The molecule has 5 nitrogen and oxygen atoms in total. The molecule has 0 aliphatic carbocycles. The lowest BCUT2D eigenvalue weighted by Gasteiger charge is -2.22. The van der Waals surface area contributed by atoms with Crippen LogP contribution in [0.3, 0.4) is 0 Å². The summed E-state index contributed by atoms with van der Waals surface area (Å²) in [5, 5.41) is 0. The van der Waals surface area contributed by atoms with Crippen molar-refractivity contribution in [3.63, 3.8) is 0 Å². The Morgan fingerprint density at radius 2 is 2.29 bits per heavy atom. The second kappa shape index (κ2) is 6.29. The molecular formula is C10H16F2N4O. The number of nitrogens with one attached hydrogen (secondary N) is 1. The van der Waals surface area contributed by atoms with Gasteiger partial charge in [0.15, 0.2) is 0 Å². The minimum atomic E-state index is -2.49. The van der Waals surface area contributed by atoms with E-state index in [-0.39, 0.29) is 24.5 Å². The van der Waals surface area contributed by atoms with E-state index in [4.69, 9.17) is 5.73 Å². The van der Waals surface area contributed by atoms with E-state index in [2.05, 4.69) is 9.97 Å². The Morgan fingerprint density at radius 1 is 1.59 bits per heavy atom. The zero-order valence-electron chi connectivity index (χ0n) is 9.62. The van der Waals surface area contributed by atoms with Gasteiger partial charge in [-0.25, -0.2) is 13.8 Å². The Balaban J connectivity index is 2.99. The maximum Gasteiger partial charge on any atom is 0.255 e. The molecule has 0 unspecified atom stereocenters. The van der Waals surface area contributed by atoms with Gasteiger partial charge in [-0.2, -0.15) is 0 Å². The van der Waals surface area contributed by atoms with E-state index < -0.39 is 13.0 Å². The van der Waals surface area contributed by atoms with Gasteiger partial charge in [-0.3, -0.25) is 4.79 Å². The van der Waals surface area contributed by atoms with Crippen molar-refractivity contribution in [3.05, 3.63) is 22.2 Å². The summed E-state index contributed by atoms with van der Waals surface area (Å²) < 4.78 is 24.8. The van der Waals surface area contributed by atoms with E-state index in [1.807, 2.05) is 6.92 Å². The van der Waals surface area contributed by atoms with Crippen molar-refractivity contribution in [1.82, 2.24) is 9.97 Å². The topological polar surface area (TPSA) is 75.0 Å². The Morgan fingerprint density at radius 3 is 2.82 bits per heavy atom. The van der Waals surface area contributed by atoms with Crippen LogP contribution in [0.5, 0.6) is 0 Å². The number of nitrogens with zero attached hydrogens (tertiary/aromatic N) is 2. The van der Waals surface area contributed by atoms with Crippen molar-refractivity contribution >= 4 is 5.82 Å². The summed E-state index contributed by atoms with van der Waals surface area (Å²) in [5.74, 6) is 0.722. The second-order valence-corrected chi connectivity index (χ2v) is 3.53. The van der Waals surface area contributed by atoms with Crippen LogP contribution in [0.15, 0.2) is 10.9 Å². The highest BCUT2D eigenvalue weighted by molar-refractivity contribution is 5.37. The van der Waals surface area contributed by atoms with Crippen LogP contribution < -0.4 is 16.2 Å². The van der Waals surface area contributed by atoms with Gasteiger partial charge >= 0.3 is 0 Å². The zero-order chi connectivity index (χ0) is 12.8. The first-order valence-corrected chi connectivity index (χ1v) is 5.40. The number of rotatable bonds is 6. The van der Waals surface area contributed by atoms with Crippen LogP contribution in [0.1, 0.15) is 12.7 Å². The third-order valence-electron chi connectivity index (χ3n) is 2.19. The number of aromatic amines is 1. The molecule has 0 aliphatic heterocycles. The maximum atomic E-state index is 12.4. The van der Waals surface area contributed by atoms with Crippen molar-refractivity contribution in [2.75, 3.05) is 24.5 Å². The van der Waals surface area contributed by atoms with Crippen molar-refractivity contribution in [1.29, 1.82) is 0 Å². The number of hydrogen-bond acceptors (Lipinski definition) is 4. The van der Waals surface area contributed by atoms with Crippen LogP contribution in [-0.2, 0) is 6.42 Å². The van der Waals surface area contributed by atoms with E-state index >= 15 is 0 Å². The summed E-state index contributed by atoms with van der Waals surface area (Å²) >= 11 is 0. The minimum Gasteiger partial charge on any atom is -0.349 e. The van der Waals surface area contributed by atoms with E-state index in [9.17, 15) is 13.6 Å². The molecule has 7 heteroatoms. The van der Waals surface area contributed by atoms with Gasteiger partial charge in [0, 0.05) is 25.6 Å². The van der Waals surface area contributed by atoms with Crippen molar-refractivity contribution in [3.8, 4) is 0 Å². The van der Waals surface area contributed by atoms with E-state index in [0.29, 0.717) is 12.2 Å². The molecule has 3 N–H and O–H groups in total. The van der Waals surface area contributed by atoms with Crippen molar-refractivity contribution in [2.45, 2.75) is 19.8 Å². The molecule has 0 amide bonds. The molecule has 0 spiro atoms. The molecule has 0 aliphatic rings. The van der Waals surface area contributed by atoms with Gasteiger partial charge in [0.05, 0.1) is 6.54 Å². The number of anilines is 1. The summed E-state index contributed by atoms with van der Waals surface area (Å²) in [4.78, 5) is 19.3. The summed E-state index contributed by atoms with van der Waals surface area (Å²) in [6.07, 6.45) is -1.96. The lowest BCUT2D eigenvalue weighted by molar-refractivity contribution is 0.154. The SMILES string of the molecule is CCc1nc(N(CCN)CC(F)F)cc(=O)[nH]1. The molecule has 17 heavy (non-hydrogen) atoms. The van der Waals surface area contributed by atoms with Gasteiger partial charge in [0.25, 0.3) is 12.0 Å². The monoisotopic (exact) mass is 246 g/mol. The van der Waals surface area contributed by atoms with Gasteiger partial charge in [0.2, 0.25) is 0 Å². The zero-order valence-corrected chi connectivity index (χ0v) is 9.62. The summed E-state index contributed by atoms with van der Waals surface area (Å²) in [5.41, 5.74) is 5.01. The highest BCUT2D eigenvalue weighted by Gasteiger charge is 2.14. The number of H-pyrrole nitrogens is 1. The molecule has 1 aromatic rings. The summed E-state index contributed by atoms with van der Waals surface area (Å²) in [7, 11) is 0. The van der Waals surface area contributed by atoms with Crippen molar-refractivity contribution < 1.29 is 8.78 Å². The maximum absolute atomic E-state index is 12.4. The molecule has 1 heterocycles. The van der Waals surface area contributed by atoms with Gasteiger partial charge in [-0.05, 0) is 0 Å². The highest BCUT2D eigenvalue weighted by Crippen LogP contribution is 2.10. The molecule has 0 atom stereocenters. The molecule has 0 saturated heterocycles. The van der Waals surface area contributed by atoms with Crippen molar-refractivity contribution in [2.24, 2.45) is 5.73 Å². The standard InChI is InChI=1S/C10H16F2N4O/c1-2-8-14-9(5-10(17)15-8)16(4-3-13)6-7(11)12/h5,7H,2-4,6,13H2,1H3,(H,14,15,17). The molecule has 0 aromatic carbocycles. The van der Waals surface area contributed by atoms with E-state index in [1.54, 1.807) is 0 Å². The largest absolute Gasteiger partial charge is 0.349 e. The van der Waals surface area contributed by atoms with Crippen LogP contribution in [0.2, 0.25) is 0 Å². The van der Waals surface area contributed by atoms with Crippen LogP contribution in [0.25, 0.3) is 0 Å². The first kappa shape index (κ1) is 13.6. The minimum absolute atomic E-state index is 0.225. The molecule has 0 radical (unpaired) electrons. The Kier molecular flexibility index (Phi) is 5.02. The van der Waals surface area contributed by atoms with Crippen LogP contribution >= 0.6 is 0 Å². The molecular weight excluding hydrogens is 230 g/mol. The number of aryl methyl sites for hydroxylation is 1. The quantitative estimate of drug-likeness (QED) is 0.760. The first-order chi connectivity index (χ1) is 8.06.